The average molecular weight is 265 g/mol. The number of pyridine rings is 1. The Kier molecular flexibility index (Phi) is 3.67. The van der Waals surface area contributed by atoms with Crippen molar-refractivity contribution in [2.24, 2.45) is 0 Å². The number of aromatic nitrogens is 1. The molecular weight excluding hydrogens is 252 g/mol. The molecule has 0 fully saturated rings. The first-order valence-corrected chi connectivity index (χ1v) is 5.85. The van der Waals surface area contributed by atoms with Gasteiger partial charge in [-0.15, -0.1) is 0 Å². The van der Waals surface area contributed by atoms with Crippen molar-refractivity contribution in [1.82, 2.24) is 9.88 Å². The highest BCUT2D eigenvalue weighted by Crippen LogP contribution is 2.18. The molecule has 0 aliphatic rings. The Bertz CT molecular complexity index is 552. The molecule has 5 heteroatoms. The fraction of sp³-hybridized carbons (Fsp3) is 0.231. The number of aryl methyl sites for hydroxylation is 1. The van der Waals surface area contributed by atoms with Crippen molar-refractivity contribution < 1.29 is 9.21 Å². The third-order valence-electron chi connectivity index (χ3n) is 2.54. The highest BCUT2D eigenvalue weighted by molar-refractivity contribution is 6.33. The Balaban J connectivity index is 2.15. The molecule has 2 heterocycles. The summed E-state index contributed by atoms with van der Waals surface area (Å²) in [5, 5.41) is 0.416. The van der Waals surface area contributed by atoms with Gasteiger partial charge in [0.25, 0.3) is 5.91 Å². The average Bonchev–Trinajstić information content (AvgIpc) is 2.81. The van der Waals surface area contributed by atoms with Crippen LogP contribution in [0.5, 0.6) is 0 Å². The van der Waals surface area contributed by atoms with Gasteiger partial charge in [0, 0.05) is 18.9 Å². The molecule has 94 valence electrons. The van der Waals surface area contributed by atoms with Crippen molar-refractivity contribution in [1.29, 1.82) is 0 Å². The monoisotopic (exact) mass is 264 g/mol. The van der Waals surface area contributed by atoms with E-state index in [1.165, 1.54) is 11.1 Å². The third kappa shape index (κ3) is 2.71. The van der Waals surface area contributed by atoms with E-state index in [2.05, 4.69) is 4.98 Å². The van der Waals surface area contributed by atoms with E-state index in [1.54, 1.807) is 25.4 Å². The zero-order valence-corrected chi connectivity index (χ0v) is 10.9. The first-order chi connectivity index (χ1) is 8.58. The Morgan fingerprint density at radius 3 is 2.94 bits per heavy atom. The molecule has 2 aromatic heterocycles. The number of hydrogen-bond acceptors (Lipinski definition) is 3. The Labute approximate surface area is 110 Å². The number of carbonyl (C=O) groups excluding carboxylic acids is 1. The molecule has 1 amide bonds. The molecule has 0 radical (unpaired) electrons. The summed E-state index contributed by atoms with van der Waals surface area (Å²) in [5.74, 6) is 0.547. The number of halogens is 1. The Morgan fingerprint density at radius 1 is 1.56 bits per heavy atom. The molecule has 2 rings (SSSR count). The smallest absolute Gasteiger partial charge is 0.257 e. The Hall–Kier alpha value is -1.81. The number of carbonyl (C=O) groups is 1. The second kappa shape index (κ2) is 5.23. The van der Waals surface area contributed by atoms with Gasteiger partial charge in [-0.1, -0.05) is 11.6 Å². The maximum absolute atomic E-state index is 12.2. The summed E-state index contributed by atoms with van der Waals surface area (Å²) in [6.45, 7) is 2.22. The summed E-state index contributed by atoms with van der Waals surface area (Å²) >= 11 is 6.04. The topological polar surface area (TPSA) is 46.3 Å². The number of rotatable bonds is 3. The van der Waals surface area contributed by atoms with Crippen LogP contribution >= 0.6 is 11.6 Å². The Morgan fingerprint density at radius 2 is 2.33 bits per heavy atom. The zero-order chi connectivity index (χ0) is 13.1. The van der Waals surface area contributed by atoms with Crippen LogP contribution in [0.2, 0.25) is 5.02 Å². The molecule has 0 saturated heterocycles. The molecule has 0 unspecified atom stereocenters. The molecule has 0 spiro atoms. The molecule has 0 aliphatic carbocycles. The van der Waals surface area contributed by atoms with E-state index in [1.807, 2.05) is 13.0 Å². The van der Waals surface area contributed by atoms with Gasteiger partial charge in [-0.05, 0) is 25.1 Å². The fourth-order valence-electron chi connectivity index (χ4n) is 1.60. The normalized spacial score (nSPS) is 10.4. The van der Waals surface area contributed by atoms with Gasteiger partial charge in [-0.2, -0.15) is 0 Å². The first-order valence-electron chi connectivity index (χ1n) is 5.48. The van der Waals surface area contributed by atoms with Gasteiger partial charge in [0.2, 0.25) is 0 Å². The first kappa shape index (κ1) is 12.6. The van der Waals surface area contributed by atoms with Crippen LogP contribution < -0.4 is 0 Å². The highest BCUT2D eigenvalue weighted by atomic mass is 35.5. The van der Waals surface area contributed by atoms with Gasteiger partial charge in [-0.25, -0.2) is 0 Å². The molecule has 18 heavy (non-hydrogen) atoms. The summed E-state index contributed by atoms with van der Waals surface area (Å²) in [6, 6.07) is 5.28. The third-order valence-corrected chi connectivity index (χ3v) is 2.85. The lowest BCUT2D eigenvalue weighted by Crippen LogP contribution is -2.26. The van der Waals surface area contributed by atoms with Gasteiger partial charge < -0.3 is 9.32 Å². The predicted molar refractivity (Wildman–Crippen MR) is 68.5 cm³/mol. The van der Waals surface area contributed by atoms with Crippen molar-refractivity contribution in [2.75, 3.05) is 7.05 Å². The van der Waals surface area contributed by atoms with Crippen LogP contribution in [0.1, 0.15) is 21.8 Å². The lowest BCUT2D eigenvalue weighted by Gasteiger charge is -2.16. The summed E-state index contributed by atoms with van der Waals surface area (Å²) in [4.78, 5) is 17.8. The van der Waals surface area contributed by atoms with Crippen LogP contribution in [-0.4, -0.2) is 22.8 Å². The molecular formula is C13H13ClN2O2. The molecule has 0 aliphatic heterocycles. The van der Waals surface area contributed by atoms with E-state index in [4.69, 9.17) is 16.0 Å². The largest absolute Gasteiger partial charge is 0.467 e. The zero-order valence-electron chi connectivity index (χ0n) is 10.2. The van der Waals surface area contributed by atoms with Crippen molar-refractivity contribution >= 4 is 17.5 Å². The van der Waals surface area contributed by atoms with Crippen molar-refractivity contribution in [3.63, 3.8) is 0 Å². The van der Waals surface area contributed by atoms with E-state index in [0.717, 1.165) is 11.5 Å². The van der Waals surface area contributed by atoms with Crippen LogP contribution in [0.3, 0.4) is 0 Å². The number of furan rings is 1. The lowest BCUT2D eigenvalue weighted by atomic mass is 10.2. The summed E-state index contributed by atoms with van der Waals surface area (Å²) in [5.41, 5.74) is 1.18. The van der Waals surface area contributed by atoms with E-state index in [9.17, 15) is 4.79 Å². The second-order valence-corrected chi connectivity index (χ2v) is 4.45. The van der Waals surface area contributed by atoms with Crippen molar-refractivity contribution in [3.05, 3.63) is 52.7 Å². The fourth-order valence-corrected chi connectivity index (χ4v) is 1.89. The highest BCUT2D eigenvalue weighted by Gasteiger charge is 2.16. The van der Waals surface area contributed by atoms with Gasteiger partial charge in [0.15, 0.2) is 0 Å². The van der Waals surface area contributed by atoms with E-state index >= 15 is 0 Å². The quantitative estimate of drug-likeness (QED) is 0.856. The minimum Gasteiger partial charge on any atom is -0.467 e. The summed E-state index contributed by atoms with van der Waals surface area (Å²) in [6.07, 6.45) is 3.08. The van der Waals surface area contributed by atoms with Gasteiger partial charge >= 0.3 is 0 Å². The maximum atomic E-state index is 12.2. The van der Waals surface area contributed by atoms with Gasteiger partial charge in [0.05, 0.1) is 23.4 Å². The van der Waals surface area contributed by atoms with Gasteiger partial charge in [-0.3, -0.25) is 9.78 Å². The molecule has 4 nitrogen and oxygen atoms in total. The van der Waals surface area contributed by atoms with Crippen LogP contribution in [0.25, 0.3) is 0 Å². The number of nitrogens with zero attached hydrogens (tertiary/aromatic N) is 2. The van der Waals surface area contributed by atoms with Crippen molar-refractivity contribution in [3.8, 4) is 0 Å². The molecule has 0 bridgehead atoms. The van der Waals surface area contributed by atoms with E-state index < -0.39 is 0 Å². The van der Waals surface area contributed by atoms with Crippen LogP contribution in [0, 0.1) is 6.92 Å². The van der Waals surface area contributed by atoms with E-state index in [-0.39, 0.29) is 5.91 Å². The minimum atomic E-state index is -0.177. The summed E-state index contributed by atoms with van der Waals surface area (Å²) in [7, 11) is 1.70. The number of amides is 1. The molecule has 0 atom stereocenters. The van der Waals surface area contributed by atoms with Crippen molar-refractivity contribution in [2.45, 2.75) is 13.5 Å². The van der Waals surface area contributed by atoms with Gasteiger partial charge in [0.1, 0.15) is 5.76 Å². The van der Waals surface area contributed by atoms with Crippen LogP contribution in [-0.2, 0) is 6.54 Å². The minimum absolute atomic E-state index is 0.177. The molecule has 2 aromatic rings. The van der Waals surface area contributed by atoms with Crippen LogP contribution in [0.15, 0.2) is 35.1 Å². The molecule has 0 aromatic carbocycles. The SMILES string of the molecule is Cc1cc(Cl)c(C(=O)N(C)Cc2ccco2)cn1. The predicted octanol–water partition coefficient (Wildman–Crippen LogP) is 2.91. The summed E-state index contributed by atoms with van der Waals surface area (Å²) < 4.78 is 5.20. The second-order valence-electron chi connectivity index (χ2n) is 4.05. The standard InChI is InChI=1S/C13H13ClN2O2/c1-9-6-12(14)11(7-15-9)13(17)16(2)8-10-4-3-5-18-10/h3-7H,8H2,1-2H3. The van der Waals surface area contributed by atoms with Crippen LogP contribution in [0.4, 0.5) is 0 Å². The molecule has 0 N–H and O–H groups in total. The van der Waals surface area contributed by atoms with E-state index in [0.29, 0.717) is 17.1 Å². The maximum Gasteiger partial charge on any atom is 0.257 e. The number of hydrogen-bond donors (Lipinski definition) is 0. The lowest BCUT2D eigenvalue weighted by molar-refractivity contribution is 0.0775. The molecule has 0 saturated carbocycles.